The number of hydrogen-bond acceptors (Lipinski definition) is 8. The Morgan fingerprint density at radius 3 is 2.26 bits per heavy atom. The number of nitrogens with zero attached hydrogens (tertiary/aromatic N) is 2. The van der Waals surface area contributed by atoms with Crippen molar-refractivity contribution in [2.75, 3.05) is 6.54 Å². The van der Waals surface area contributed by atoms with Gasteiger partial charge in [0, 0.05) is 12.5 Å². The van der Waals surface area contributed by atoms with Crippen LogP contribution in [0.5, 0.6) is 0 Å². The Hall–Kier alpha value is -4.16. The number of aliphatic carboxylic acids is 1. The monoisotopic (exact) mass is 644 g/mol. The molecule has 13 heteroatoms. The fourth-order valence-electron chi connectivity index (χ4n) is 5.65. The van der Waals surface area contributed by atoms with E-state index >= 15 is 0 Å². The largest absolute Gasteiger partial charge is 0.480 e. The van der Waals surface area contributed by atoms with Gasteiger partial charge in [-0.1, -0.05) is 69.9 Å². The summed E-state index contributed by atoms with van der Waals surface area (Å²) >= 11 is 0. The van der Waals surface area contributed by atoms with Crippen molar-refractivity contribution in [2.45, 2.75) is 122 Å². The number of ether oxygens (including phenoxy) is 2. The number of nitrogens with one attached hydrogen (secondary N) is 2. The summed E-state index contributed by atoms with van der Waals surface area (Å²) in [4.78, 5) is 81.0. The van der Waals surface area contributed by atoms with Gasteiger partial charge in [-0.2, -0.15) is 0 Å². The second-order valence-electron chi connectivity index (χ2n) is 13.0. The molecule has 1 heterocycles. The Labute approximate surface area is 270 Å². The number of amides is 5. The Balaban J connectivity index is 1.84. The summed E-state index contributed by atoms with van der Waals surface area (Å²) in [5.74, 6) is -4.07. The van der Waals surface area contributed by atoms with Crippen LogP contribution < -0.4 is 10.6 Å². The summed E-state index contributed by atoms with van der Waals surface area (Å²) in [5, 5.41) is 15.2. The van der Waals surface area contributed by atoms with E-state index in [0.717, 1.165) is 24.8 Å². The maximum Gasteiger partial charge on any atom is 0.408 e. The van der Waals surface area contributed by atoms with Crippen LogP contribution in [-0.4, -0.2) is 87.1 Å². The number of hydrogen-bond donors (Lipinski definition) is 3. The molecular formula is C33H48N4O9. The number of imide groups is 1. The Kier molecular flexibility index (Phi) is 13.0. The summed E-state index contributed by atoms with van der Waals surface area (Å²) in [6, 6.07) is 4.04. The molecule has 2 aliphatic rings. The highest BCUT2D eigenvalue weighted by Gasteiger charge is 2.49. The van der Waals surface area contributed by atoms with Crippen LogP contribution in [0.2, 0.25) is 0 Å². The lowest BCUT2D eigenvalue weighted by atomic mass is 9.94. The summed E-state index contributed by atoms with van der Waals surface area (Å²) in [6.45, 7) is 8.44. The van der Waals surface area contributed by atoms with Crippen molar-refractivity contribution >= 4 is 35.9 Å². The molecule has 0 spiro atoms. The fourth-order valence-corrected chi connectivity index (χ4v) is 5.65. The molecule has 2 unspecified atom stereocenters. The molecule has 3 N–H and O–H groups in total. The average molecular weight is 645 g/mol. The van der Waals surface area contributed by atoms with Crippen molar-refractivity contribution in [2.24, 2.45) is 5.92 Å². The van der Waals surface area contributed by atoms with E-state index in [4.69, 9.17) is 9.47 Å². The molecule has 0 aromatic heterocycles. The van der Waals surface area contributed by atoms with Gasteiger partial charge in [-0.3, -0.25) is 14.4 Å². The first kappa shape index (κ1) is 36.3. The average Bonchev–Trinajstić information content (AvgIpc) is 3.37. The third-order valence-electron chi connectivity index (χ3n) is 8.33. The highest BCUT2D eigenvalue weighted by molar-refractivity contribution is 6.04. The Morgan fingerprint density at radius 1 is 1.02 bits per heavy atom. The first-order chi connectivity index (χ1) is 21.7. The van der Waals surface area contributed by atoms with Gasteiger partial charge in [-0.15, -0.1) is 0 Å². The minimum absolute atomic E-state index is 0.00257. The zero-order valence-electron chi connectivity index (χ0n) is 27.5. The van der Waals surface area contributed by atoms with E-state index in [1.165, 1.54) is 4.90 Å². The molecule has 2 fully saturated rings. The van der Waals surface area contributed by atoms with E-state index in [-0.39, 0.29) is 38.0 Å². The summed E-state index contributed by atoms with van der Waals surface area (Å²) in [5.41, 5.74) is -0.0677. The summed E-state index contributed by atoms with van der Waals surface area (Å²) in [6.07, 6.45) is 3.31. The smallest absolute Gasteiger partial charge is 0.408 e. The molecule has 1 aromatic carbocycles. The lowest BCUT2D eigenvalue weighted by Crippen LogP contribution is -2.58. The zero-order chi connectivity index (χ0) is 34.0. The predicted octanol–water partition coefficient (Wildman–Crippen LogP) is 3.98. The molecule has 13 nitrogen and oxygen atoms in total. The molecular weight excluding hydrogens is 596 g/mol. The molecule has 1 saturated heterocycles. The topological polar surface area (TPSA) is 172 Å². The van der Waals surface area contributed by atoms with E-state index in [2.05, 4.69) is 10.6 Å². The van der Waals surface area contributed by atoms with Crippen molar-refractivity contribution in [1.82, 2.24) is 20.4 Å². The molecule has 0 bridgehead atoms. The normalized spacial score (nSPS) is 19.2. The van der Waals surface area contributed by atoms with Gasteiger partial charge in [0.25, 0.3) is 5.91 Å². The van der Waals surface area contributed by atoms with E-state index in [9.17, 15) is 33.9 Å². The number of carboxylic acid groups (broad SMARTS) is 1. The standard InChI is InChI=1S/C33H48N4O9/c1-6-21(2)27(35-31(43)46-33(3,4)5)28(39)34-24(17-18-26(38)45-20-22-13-9-7-10-14-22)29(40)37-25(30(41)42)19-36(32(37)44)23-15-11-8-12-16-23/h7,9-10,13-14,21,23-25,27H,6,8,11-12,15-20H2,1-5H3,(H,34,39)(H,35,43)(H,41,42)/t21-,24?,25?,27-/m0/s1. The van der Waals surface area contributed by atoms with Crippen LogP contribution in [0.3, 0.4) is 0 Å². The Morgan fingerprint density at radius 2 is 1.67 bits per heavy atom. The van der Waals surface area contributed by atoms with Gasteiger partial charge in [-0.05, 0) is 51.5 Å². The van der Waals surface area contributed by atoms with Crippen LogP contribution in [0, 0.1) is 5.92 Å². The second-order valence-corrected chi connectivity index (χ2v) is 13.0. The van der Waals surface area contributed by atoms with Gasteiger partial charge in [0.05, 0.1) is 6.54 Å². The molecule has 4 atom stereocenters. The number of urea groups is 1. The lowest BCUT2D eigenvalue weighted by Gasteiger charge is -2.31. The molecule has 254 valence electrons. The lowest BCUT2D eigenvalue weighted by molar-refractivity contribution is -0.148. The molecule has 5 amide bonds. The number of benzene rings is 1. The second kappa shape index (κ2) is 16.4. The van der Waals surface area contributed by atoms with Gasteiger partial charge >= 0.3 is 24.1 Å². The maximum absolute atomic E-state index is 14.0. The predicted molar refractivity (Wildman–Crippen MR) is 167 cm³/mol. The van der Waals surface area contributed by atoms with E-state index in [1.807, 2.05) is 13.0 Å². The van der Waals surface area contributed by atoms with Crippen molar-refractivity contribution in [1.29, 1.82) is 0 Å². The first-order valence-corrected chi connectivity index (χ1v) is 16.1. The first-order valence-electron chi connectivity index (χ1n) is 16.1. The molecule has 1 saturated carbocycles. The van der Waals surface area contributed by atoms with Crippen molar-refractivity contribution in [3.05, 3.63) is 35.9 Å². The van der Waals surface area contributed by atoms with Crippen LogP contribution in [0.25, 0.3) is 0 Å². The highest BCUT2D eigenvalue weighted by atomic mass is 16.6. The van der Waals surface area contributed by atoms with Crippen LogP contribution in [0.15, 0.2) is 30.3 Å². The zero-order valence-corrected chi connectivity index (χ0v) is 27.5. The van der Waals surface area contributed by atoms with E-state index in [1.54, 1.807) is 52.0 Å². The van der Waals surface area contributed by atoms with Crippen molar-refractivity contribution < 1.29 is 43.3 Å². The molecule has 3 rings (SSSR count). The van der Waals surface area contributed by atoms with Gasteiger partial charge in [-0.25, -0.2) is 19.3 Å². The van der Waals surface area contributed by atoms with Crippen LogP contribution in [0.4, 0.5) is 9.59 Å². The quantitative estimate of drug-likeness (QED) is 0.269. The van der Waals surface area contributed by atoms with Crippen molar-refractivity contribution in [3.8, 4) is 0 Å². The number of carbonyl (C=O) groups is 6. The molecule has 0 radical (unpaired) electrons. The number of esters is 1. The Bertz CT molecular complexity index is 1240. The van der Waals surface area contributed by atoms with Gasteiger partial charge in [0.15, 0.2) is 6.04 Å². The van der Waals surface area contributed by atoms with Gasteiger partial charge < -0.3 is 30.1 Å². The van der Waals surface area contributed by atoms with Gasteiger partial charge in [0.2, 0.25) is 5.91 Å². The van der Waals surface area contributed by atoms with E-state index < -0.39 is 59.6 Å². The minimum atomic E-state index is -1.46. The SMILES string of the molecule is CC[C@H](C)[C@H](NC(=O)OC(C)(C)C)C(=O)NC(CCC(=O)OCc1ccccc1)C(=O)N1C(=O)N(C2CCCCC2)CC1C(=O)O. The number of carboxylic acids is 1. The van der Waals surface area contributed by atoms with Crippen LogP contribution in [-0.2, 0) is 35.3 Å². The minimum Gasteiger partial charge on any atom is -0.480 e. The maximum atomic E-state index is 14.0. The summed E-state index contributed by atoms with van der Waals surface area (Å²) < 4.78 is 10.7. The highest BCUT2D eigenvalue weighted by Crippen LogP contribution is 2.29. The van der Waals surface area contributed by atoms with Crippen molar-refractivity contribution in [3.63, 3.8) is 0 Å². The summed E-state index contributed by atoms with van der Waals surface area (Å²) in [7, 11) is 0. The number of carbonyl (C=O) groups excluding carboxylic acids is 5. The van der Waals surface area contributed by atoms with Crippen LogP contribution in [0.1, 0.15) is 91.5 Å². The third-order valence-corrected chi connectivity index (χ3v) is 8.33. The molecule has 1 aliphatic heterocycles. The van der Waals surface area contributed by atoms with E-state index in [0.29, 0.717) is 24.2 Å². The van der Waals surface area contributed by atoms with Gasteiger partial charge in [0.1, 0.15) is 24.3 Å². The molecule has 1 aliphatic carbocycles. The molecule has 1 aromatic rings. The van der Waals surface area contributed by atoms with Crippen LogP contribution >= 0.6 is 0 Å². The number of alkyl carbamates (subject to hydrolysis) is 1. The molecule has 46 heavy (non-hydrogen) atoms. The number of rotatable bonds is 13. The fraction of sp³-hybridized carbons (Fsp3) is 0.636. The third kappa shape index (κ3) is 10.2.